The van der Waals surface area contributed by atoms with E-state index in [-0.39, 0.29) is 23.3 Å². The smallest absolute Gasteiger partial charge is 0.338 e. The number of methoxy groups -OCH3 is 1. The minimum atomic E-state index is -0.553. The zero-order valence-corrected chi connectivity index (χ0v) is 15.4. The van der Waals surface area contributed by atoms with Gasteiger partial charge in [-0.25, -0.2) is 9.48 Å². The number of esters is 1. The monoisotopic (exact) mass is 368 g/mol. The number of tetrazole rings is 1. The highest BCUT2D eigenvalue weighted by Crippen LogP contribution is 2.37. The van der Waals surface area contributed by atoms with Crippen LogP contribution >= 0.6 is 11.6 Å². The van der Waals surface area contributed by atoms with Gasteiger partial charge in [0.05, 0.1) is 23.8 Å². The second-order valence-corrected chi connectivity index (χ2v) is 5.96. The Morgan fingerprint density at radius 1 is 1.36 bits per heavy atom. The summed E-state index contributed by atoms with van der Waals surface area (Å²) < 4.78 is 17.8. The van der Waals surface area contributed by atoms with E-state index in [1.54, 1.807) is 4.68 Å². The summed E-state index contributed by atoms with van der Waals surface area (Å²) in [6.07, 6.45) is 0.789. The van der Waals surface area contributed by atoms with Gasteiger partial charge in [0, 0.05) is 6.54 Å². The van der Waals surface area contributed by atoms with Crippen LogP contribution in [-0.2, 0) is 17.9 Å². The van der Waals surface area contributed by atoms with Crippen LogP contribution in [-0.4, -0.2) is 39.4 Å². The third-order valence-corrected chi connectivity index (χ3v) is 3.47. The van der Waals surface area contributed by atoms with Crippen molar-refractivity contribution in [3.05, 3.63) is 28.5 Å². The van der Waals surface area contributed by atoms with Crippen LogP contribution in [0.15, 0.2) is 12.1 Å². The number of rotatable bonds is 8. The molecular formula is C16H21ClN4O4. The minimum Gasteiger partial charge on any atom is -0.493 e. The molecule has 0 N–H and O–H groups in total. The molecule has 0 spiro atoms. The van der Waals surface area contributed by atoms with Crippen molar-refractivity contribution < 1.29 is 19.0 Å². The van der Waals surface area contributed by atoms with E-state index in [1.165, 1.54) is 19.2 Å². The number of hydrogen-bond donors (Lipinski definition) is 0. The molecule has 0 fully saturated rings. The van der Waals surface area contributed by atoms with E-state index in [9.17, 15) is 4.79 Å². The molecule has 1 aromatic heterocycles. The molecule has 1 aromatic carbocycles. The molecule has 0 aliphatic carbocycles. The summed E-state index contributed by atoms with van der Waals surface area (Å²) >= 11 is 6.22. The molecule has 136 valence electrons. The summed E-state index contributed by atoms with van der Waals surface area (Å²) in [4.78, 5) is 12.3. The fourth-order valence-electron chi connectivity index (χ4n) is 2.11. The first-order valence-corrected chi connectivity index (χ1v) is 8.30. The van der Waals surface area contributed by atoms with E-state index >= 15 is 0 Å². The van der Waals surface area contributed by atoms with Crippen LogP contribution < -0.4 is 9.47 Å². The first kappa shape index (κ1) is 19.0. The van der Waals surface area contributed by atoms with Crippen molar-refractivity contribution in [2.45, 2.75) is 46.4 Å². The molecule has 25 heavy (non-hydrogen) atoms. The second kappa shape index (κ2) is 8.66. The molecule has 0 unspecified atom stereocenters. The average Bonchev–Trinajstić information content (AvgIpc) is 3.01. The normalized spacial score (nSPS) is 10.8. The van der Waals surface area contributed by atoms with Gasteiger partial charge in [0.25, 0.3) is 0 Å². The van der Waals surface area contributed by atoms with Gasteiger partial charge < -0.3 is 14.2 Å². The summed E-state index contributed by atoms with van der Waals surface area (Å²) in [6.45, 7) is 6.38. The van der Waals surface area contributed by atoms with Crippen molar-refractivity contribution in [2.75, 3.05) is 7.11 Å². The van der Waals surface area contributed by atoms with Gasteiger partial charge in [0.1, 0.15) is 0 Å². The van der Waals surface area contributed by atoms with E-state index in [4.69, 9.17) is 25.8 Å². The molecule has 0 saturated carbocycles. The van der Waals surface area contributed by atoms with E-state index in [2.05, 4.69) is 15.5 Å². The van der Waals surface area contributed by atoms with Gasteiger partial charge in [-0.05, 0) is 42.8 Å². The van der Waals surface area contributed by atoms with Crippen molar-refractivity contribution in [2.24, 2.45) is 0 Å². The van der Waals surface area contributed by atoms with Gasteiger partial charge in [-0.2, -0.15) is 0 Å². The lowest BCUT2D eigenvalue weighted by Gasteiger charge is -2.16. The van der Waals surface area contributed by atoms with Gasteiger partial charge in [-0.1, -0.05) is 18.5 Å². The van der Waals surface area contributed by atoms with Crippen LogP contribution in [0.3, 0.4) is 0 Å². The Balaban J connectivity index is 2.13. The highest BCUT2D eigenvalue weighted by molar-refractivity contribution is 6.32. The van der Waals surface area contributed by atoms with Gasteiger partial charge in [0.2, 0.25) is 0 Å². The average molecular weight is 369 g/mol. The largest absolute Gasteiger partial charge is 0.493 e. The highest BCUT2D eigenvalue weighted by Gasteiger charge is 2.18. The fourth-order valence-corrected chi connectivity index (χ4v) is 2.37. The van der Waals surface area contributed by atoms with Crippen LogP contribution in [0, 0.1) is 0 Å². The molecule has 9 heteroatoms. The van der Waals surface area contributed by atoms with Crippen LogP contribution in [0.2, 0.25) is 5.02 Å². The molecule has 8 nitrogen and oxygen atoms in total. The van der Waals surface area contributed by atoms with Crippen molar-refractivity contribution in [1.29, 1.82) is 0 Å². The number of aryl methyl sites for hydroxylation is 1. The van der Waals surface area contributed by atoms with Crippen molar-refractivity contribution in [1.82, 2.24) is 20.2 Å². The van der Waals surface area contributed by atoms with Gasteiger partial charge in [-0.3, -0.25) is 0 Å². The maximum atomic E-state index is 12.3. The third kappa shape index (κ3) is 4.82. The van der Waals surface area contributed by atoms with Crippen LogP contribution in [0.5, 0.6) is 11.5 Å². The number of nitrogens with zero attached hydrogens (tertiary/aromatic N) is 4. The first-order valence-electron chi connectivity index (χ1n) is 7.92. The summed E-state index contributed by atoms with van der Waals surface area (Å²) in [6, 6.07) is 3.01. The molecule has 1 heterocycles. The zero-order chi connectivity index (χ0) is 18.4. The van der Waals surface area contributed by atoms with Crippen molar-refractivity contribution in [3.63, 3.8) is 0 Å². The molecule has 0 atom stereocenters. The number of carbonyl (C=O) groups excluding carboxylic acids is 1. The topological polar surface area (TPSA) is 88.4 Å². The molecule has 2 aromatic rings. The SMILES string of the molecule is CCCn1nnnc1COC(=O)c1cc(Cl)c(OC(C)C)c(OC)c1. The summed E-state index contributed by atoms with van der Waals surface area (Å²) in [5.74, 6) is 0.682. The fraction of sp³-hybridized carbons (Fsp3) is 0.500. The molecule has 0 bridgehead atoms. The van der Waals surface area contributed by atoms with E-state index in [1.807, 2.05) is 20.8 Å². The molecular weight excluding hydrogens is 348 g/mol. The lowest BCUT2D eigenvalue weighted by atomic mass is 10.2. The summed E-state index contributed by atoms with van der Waals surface area (Å²) in [7, 11) is 1.48. The number of halogens is 1. The van der Waals surface area contributed by atoms with E-state index in [0.29, 0.717) is 23.9 Å². The Labute approximate surface area is 151 Å². The van der Waals surface area contributed by atoms with Gasteiger partial charge >= 0.3 is 5.97 Å². The molecule has 0 saturated heterocycles. The Hall–Kier alpha value is -2.35. The predicted molar refractivity (Wildman–Crippen MR) is 91.0 cm³/mol. The van der Waals surface area contributed by atoms with Crippen molar-refractivity contribution in [3.8, 4) is 11.5 Å². The molecule has 0 aliphatic rings. The number of aromatic nitrogens is 4. The lowest BCUT2D eigenvalue weighted by molar-refractivity contribution is 0.0456. The maximum Gasteiger partial charge on any atom is 0.338 e. The Bertz CT molecular complexity index is 733. The molecule has 0 aliphatic heterocycles. The maximum absolute atomic E-state index is 12.3. The second-order valence-electron chi connectivity index (χ2n) is 5.55. The third-order valence-electron chi connectivity index (χ3n) is 3.19. The van der Waals surface area contributed by atoms with E-state index in [0.717, 1.165) is 6.42 Å². The lowest BCUT2D eigenvalue weighted by Crippen LogP contribution is -2.12. The quantitative estimate of drug-likeness (QED) is 0.662. The Morgan fingerprint density at radius 3 is 2.76 bits per heavy atom. The first-order chi connectivity index (χ1) is 12.0. The number of hydrogen-bond acceptors (Lipinski definition) is 7. The predicted octanol–water partition coefficient (Wildman–Crippen LogP) is 2.89. The Morgan fingerprint density at radius 2 is 2.12 bits per heavy atom. The molecule has 0 radical (unpaired) electrons. The number of carbonyl (C=O) groups is 1. The zero-order valence-electron chi connectivity index (χ0n) is 14.7. The number of ether oxygens (including phenoxy) is 3. The van der Waals surface area contributed by atoms with Gasteiger partial charge in [-0.15, -0.1) is 5.10 Å². The summed E-state index contributed by atoms with van der Waals surface area (Å²) in [5, 5.41) is 11.6. The Kier molecular flexibility index (Phi) is 6.58. The number of benzene rings is 1. The standard InChI is InChI=1S/C16H21ClN4O4/c1-5-6-21-14(18-19-20-21)9-24-16(22)11-7-12(17)15(25-10(2)3)13(8-11)23-4/h7-8,10H,5-6,9H2,1-4H3. The minimum absolute atomic E-state index is 0.0317. The van der Waals surface area contributed by atoms with Gasteiger partial charge in [0.15, 0.2) is 23.9 Å². The van der Waals surface area contributed by atoms with E-state index < -0.39 is 5.97 Å². The van der Waals surface area contributed by atoms with Crippen molar-refractivity contribution >= 4 is 17.6 Å². The van der Waals surface area contributed by atoms with Crippen LogP contribution in [0.1, 0.15) is 43.4 Å². The molecule has 0 amide bonds. The van der Waals surface area contributed by atoms with Crippen LogP contribution in [0.25, 0.3) is 0 Å². The summed E-state index contributed by atoms with van der Waals surface area (Å²) in [5.41, 5.74) is 0.257. The highest BCUT2D eigenvalue weighted by atomic mass is 35.5. The van der Waals surface area contributed by atoms with Crippen LogP contribution in [0.4, 0.5) is 0 Å². The molecule has 2 rings (SSSR count).